The van der Waals surface area contributed by atoms with E-state index in [9.17, 15) is 14.4 Å². The van der Waals surface area contributed by atoms with Crippen molar-refractivity contribution in [3.8, 4) is 16.9 Å². The Labute approximate surface area is 283 Å². The zero-order chi connectivity index (χ0) is 33.6. The van der Waals surface area contributed by atoms with Gasteiger partial charge in [0.05, 0.1) is 26.5 Å². The highest BCUT2D eigenvalue weighted by molar-refractivity contribution is 5.95. The highest BCUT2D eigenvalue weighted by Gasteiger charge is 2.34. The summed E-state index contributed by atoms with van der Waals surface area (Å²) in [5, 5.41) is 7.02. The molecule has 0 bridgehead atoms. The van der Waals surface area contributed by atoms with Crippen molar-refractivity contribution in [3.05, 3.63) is 66.0 Å². The molecule has 3 saturated carbocycles. The zero-order valence-electron chi connectivity index (χ0n) is 28.4. The molecule has 10 heteroatoms. The Morgan fingerprint density at radius 2 is 1.69 bits per heavy atom. The summed E-state index contributed by atoms with van der Waals surface area (Å²) in [4.78, 5) is 39.9. The van der Waals surface area contributed by atoms with Crippen LogP contribution < -0.4 is 15.0 Å². The number of esters is 1. The van der Waals surface area contributed by atoms with E-state index < -0.39 is 12.1 Å². The fraction of sp³-hybridized carbons (Fsp3) is 0.526. The maximum absolute atomic E-state index is 14.4. The van der Waals surface area contributed by atoms with E-state index in [0.29, 0.717) is 50.1 Å². The Hall–Kier alpha value is -4.34. The number of hydrogen-bond donors (Lipinski definition) is 1. The zero-order valence-corrected chi connectivity index (χ0v) is 28.4. The van der Waals surface area contributed by atoms with Crippen molar-refractivity contribution in [1.82, 2.24) is 15.1 Å². The minimum absolute atomic E-state index is 0.141. The van der Waals surface area contributed by atoms with Gasteiger partial charge in [0.15, 0.2) is 0 Å². The fourth-order valence-electron chi connectivity index (χ4n) is 7.35. The molecule has 10 nitrogen and oxygen atoms in total. The van der Waals surface area contributed by atoms with E-state index in [4.69, 9.17) is 9.47 Å². The van der Waals surface area contributed by atoms with E-state index in [1.165, 1.54) is 31.1 Å². The molecule has 1 aromatic heterocycles. The lowest BCUT2D eigenvalue weighted by molar-refractivity contribution is -0.139. The summed E-state index contributed by atoms with van der Waals surface area (Å²) in [5.74, 6) is 1.30. The molecule has 0 atom stereocenters. The summed E-state index contributed by atoms with van der Waals surface area (Å²) in [7, 11) is 2.98. The first-order chi connectivity index (χ1) is 23.3. The Kier molecular flexibility index (Phi) is 10.7. The smallest absolute Gasteiger partial charge is 0.407 e. The molecule has 0 spiro atoms. The van der Waals surface area contributed by atoms with Crippen LogP contribution in [0.4, 0.5) is 10.5 Å². The fourth-order valence-corrected chi connectivity index (χ4v) is 7.35. The van der Waals surface area contributed by atoms with Crippen molar-refractivity contribution in [1.29, 1.82) is 0 Å². The second-order valence-corrected chi connectivity index (χ2v) is 13.7. The van der Waals surface area contributed by atoms with Crippen LogP contribution in [0.1, 0.15) is 87.3 Å². The molecule has 256 valence electrons. The van der Waals surface area contributed by atoms with E-state index in [-0.39, 0.29) is 24.5 Å². The molecule has 0 radical (unpaired) electrons. The molecule has 2 amide bonds. The second kappa shape index (κ2) is 15.3. The van der Waals surface area contributed by atoms with Crippen molar-refractivity contribution < 1.29 is 28.6 Å². The molecular weight excluding hydrogens is 608 g/mol. The maximum Gasteiger partial charge on any atom is 0.407 e. The third-order valence-corrected chi connectivity index (χ3v) is 10.4. The first kappa shape index (κ1) is 33.6. The molecule has 3 aromatic rings. The molecule has 48 heavy (non-hydrogen) atoms. The first-order valence-corrected chi connectivity index (χ1v) is 17.4. The number of aromatic nitrogens is 2. The largest absolute Gasteiger partial charge is 0.496 e. The van der Waals surface area contributed by atoms with Gasteiger partial charge in [0.1, 0.15) is 18.4 Å². The number of rotatable bonds is 11. The van der Waals surface area contributed by atoms with Gasteiger partial charge in [0, 0.05) is 29.9 Å². The second-order valence-electron chi connectivity index (χ2n) is 13.7. The molecule has 1 N–H and O–H groups in total. The standard InChI is InChI=1S/C38H48N4O6/c1-25-19-30(13-18-35(25)46-2)27-9-7-26(8-10-27)23-41(33-6-4-5-29(20-33)31-21-40-42(24-31)32-14-15-32)37(44)28-11-16-34(17-12-28)48-38(45)39-22-36(43)47-3/h4-6,13,18-21,24,26-28,32,34H,7-12,14-17,22-23H2,1-3H3,(H,39,45)/t26-,27-,28-,34-. The first-order valence-electron chi connectivity index (χ1n) is 17.4. The van der Waals surface area contributed by atoms with E-state index in [1.54, 1.807) is 7.11 Å². The summed E-state index contributed by atoms with van der Waals surface area (Å²) in [6.07, 6.45) is 12.3. The minimum Gasteiger partial charge on any atom is -0.496 e. The number of ether oxygens (including phenoxy) is 3. The summed E-state index contributed by atoms with van der Waals surface area (Å²) in [6, 6.07) is 15.4. The number of alkyl carbamates (subject to hydrolysis) is 1. The molecule has 6 rings (SSSR count). The van der Waals surface area contributed by atoms with E-state index in [1.807, 2.05) is 17.2 Å². The average molecular weight is 657 g/mol. The number of benzene rings is 2. The lowest BCUT2D eigenvalue weighted by Crippen LogP contribution is -2.42. The molecule has 0 unspecified atom stereocenters. The van der Waals surface area contributed by atoms with Crippen molar-refractivity contribution in [3.63, 3.8) is 0 Å². The number of amides is 2. The van der Waals surface area contributed by atoms with Crippen LogP contribution in [0, 0.1) is 18.8 Å². The molecule has 0 aliphatic heterocycles. The predicted molar refractivity (Wildman–Crippen MR) is 183 cm³/mol. The lowest BCUT2D eigenvalue weighted by atomic mass is 9.78. The van der Waals surface area contributed by atoms with Gasteiger partial charge in [-0.2, -0.15) is 5.10 Å². The van der Waals surface area contributed by atoms with Gasteiger partial charge in [-0.15, -0.1) is 0 Å². The van der Waals surface area contributed by atoms with Crippen LogP contribution in [0.3, 0.4) is 0 Å². The molecule has 2 aromatic carbocycles. The van der Waals surface area contributed by atoms with Gasteiger partial charge >= 0.3 is 12.1 Å². The van der Waals surface area contributed by atoms with Crippen LogP contribution in [0.15, 0.2) is 54.9 Å². The third kappa shape index (κ3) is 8.20. The Balaban J connectivity index is 1.13. The number of methoxy groups -OCH3 is 2. The van der Waals surface area contributed by atoms with Gasteiger partial charge in [-0.05, 0) is 118 Å². The van der Waals surface area contributed by atoms with E-state index >= 15 is 0 Å². The highest BCUT2D eigenvalue weighted by atomic mass is 16.6. The van der Waals surface area contributed by atoms with Crippen LogP contribution in [0.2, 0.25) is 0 Å². The Bertz CT molecular complexity index is 1580. The Morgan fingerprint density at radius 3 is 2.38 bits per heavy atom. The number of nitrogens with zero attached hydrogens (tertiary/aromatic N) is 3. The molecule has 3 aliphatic rings. The van der Waals surface area contributed by atoms with Gasteiger partial charge in [0.2, 0.25) is 5.91 Å². The van der Waals surface area contributed by atoms with Crippen LogP contribution in [-0.4, -0.2) is 61.2 Å². The summed E-state index contributed by atoms with van der Waals surface area (Å²) >= 11 is 0. The lowest BCUT2D eigenvalue weighted by Gasteiger charge is -2.36. The van der Waals surface area contributed by atoms with Gasteiger partial charge in [-0.25, -0.2) is 4.79 Å². The van der Waals surface area contributed by atoms with E-state index in [2.05, 4.69) is 69.4 Å². The van der Waals surface area contributed by atoms with E-state index in [0.717, 1.165) is 48.2 Å². The van der Waals surface area contributed by atoms with Crippen molar-refractivity contribution >= 4 is 23.7 Å². The third-order valence-electron chi connectivity index (χ3n) is 10.4. The van der Waals surface area contributed by atoms with Crippen LogP contribution in [-0.2, 0) is 19.1 Å². The topological polar surface area (TPSA) is 112 Å². The number of hydrogen-bond acceptors (Lipinski definition) is 7. The highest BCUT2D eigenvalue weighted by Crippen LogP contribution is 2.40. The average Bonchev–Trinajstić information content (AvgIpc) is 3.85. The number of carbonyl (C=O) groups is 3. The van der Waals surface area contributed by atoms with Crippen LogP contribution in [0.5, 0.6) is 5.75 Å². The Morgan fingerprint density at radius 1 is 0.917 bits per heavy atom. The molecule has 3 fully saturated rings. The van der Waals surface area contributed by atoms with Crippen molar-refractivity contribution in [2.45, 2.75) is 89.2 Å². The molecular formula is C38H48N4O6. The number of aryl methyl sites for hydroxylation is 1. The van der Waals surface area contributed by atoms with Crippen molar-refractivity contribution in [2.75, 3.05) is 32.2 Å². The van der Waals surface area contributed by atoms with Gasteiger partial charge in [-0.1, -0.05) is 24.3 Å². The predicted octanol–water partition coefficient (Wildman–Crippen LogP) is 6.97. The summed E-state index contributed by atoms with van der Waals surface area (Å²) in [5.41, 5.74) is 5.58. The monoisotopic (exact) mass is 656 g/mol. The van der Waals surface area contributed by atoms with Gasteiger partial charge in [0.25, 0.3) is 0 Å². The number of carbonyl (C=O) groups excluding carboxylic acids is 3. The van der Waals surface area contributed by atoms with Gasteiger partial charge in [-0.3, -0.25) is 14.3 Å². The minimum atomic E-state index is -0.640. The van der Waals surface area contributed by atoms with Crippen LogP contribution in [0.25, 0.3) is 11.1 Å². The normalized spacial score (nSPS) is 22.4. The van der Waals surface area contributed by atoms with Gasteiger partial charge < -0.3 is 24.4 Å². The summed E-state index contributed by atoms with van der Waals surface area (Å²) in [6.45, 7) is 2.55. The maximum atomic E-state index is 14.4. The quantitative estimate of drug-likeness (QED) is 0.222. The number of nitrogens with one attached hydrogen (secondary N) is 1. The summed E-state index contributed by atoms with van der Waals surface area (Å²) < 4.78 is 17.6. The number of anilines is 1. The SMILES string of the molecule is COC(=O)CNC(=O)O[C@H]1CC[C@H](C(=O)N(C[C@H]2CC[C@H](c3ccc(OC)c(C)c3)CC2)c2cccc(-c3cnn(C4CC4)c3)c2)CC1. The van der Waals surface area contributed by atoms with Crippen LogP contribution >= 0.6 is 0 Å². The molecule has 1 heterocycles. The molecule has 0 saturated heterocycles. The van der Waals surface area contributed by atoms with Crippen molar-refractivity contribution in [2.24, 2.45) is 11.8 Å². The molecule has 3 aliphatic carbocycles.